The first-order valence-electron chi connectivity index (χ1n) is 9.57. The fourth-order valence-corrected chi connectivity index (χ4v) is 3.90. The van der Waals surface area contributed by atoms with Gasteiger partial charge in [0.1, 0.15) is 23.1 Å². The highest BCUT2D eigenvalue weighted by atomic mass is 19.1. The molecule has 1 fully saturated rings. The maximum Gasteiger partial charge on any atom is 0.511 e. The number of nitrogens with zero attached hydrogens (tertiary/aromatic N) is 2. The molecule has 4 rings (SSSR count). The van der Waals surface area contributed by atoms with E-state index in [1.165, 1.54) is 4.90 Å². The molecule has 1 aliphatic heterocycles. The lowest BCUT2D eigenvalue weighted by Gasteiger charge is -2.22. The summed E-state index contributed by atoms with van der Waals surface area (Å²) in [4.78, 5) is 25.2. The molecule has 1 aromatic heterocycles. The minimum absolute atomic E-state index is 0.00687. The zero-order valence-corrected chi connectivity index (χ0v) is 16.7. The molecule has 11 heteroatoms. The number of hydrogen-bond donors (Lipinski definition) is 2. The van der Waals surface area contributed by atoms with Crippen molar-refractivity contribution in [3.8, 4) is 11.4 Å². The van der Waals surface area contributed by atoms with Crippen molar-refractivity contribution in [1.82, 2.24) is 9.88 Å². The Kier molecular flexibility index (Phi) is 5.51. The molecule has 2 heterocycles. The lowest BCUT2D eigenvalue weighted by atomic mass is 10.1. The van der Waals surface area contributed by atoms with Gasteiger partial charge in [-0.1, -0.05) is 0 Å². The van der Waals surface area contributed by atoms with E-state index in [4.69, 9.17) is 5.11 Å². The average molecular weight is 451 g/mol. The van der Waals surface area contributed by atoms with Gasteiger partial charge in [0.05, 0.1) is 22.8 Å². The van der Waals surface area contributed by atoms with Gasteiger partial charge in [0.2, 0.25) is 5.43 Å². The van der Waals surface area contributed by atoms with Crippen LogP contribution in [0, 0.1) is 23.3 Å². The van der Waals surface area contributed by atoms with Crippen molar-refractivity contribution in [2.75, 3.05) is 25.0 Å². The van der Waals surface area contributed by atoms with E-state index >= 15 is 4.39 Å². The van der Waals surface area contributed by atoms with Crippen LogP contribution in [0.25, 0.3) is 16.6 Å². The molecule has 0 bridgehead atoms. The fourth-order valence-electron chi connectivity index (χ4n) is 3.90. The van der Waals surface area contributed by atoms with Crippen molar-refractivity contribution in [3.05, 3.63) is 64.0 Å². The van der Waals surface area contributed by atoms with Crippen molar-refractivity contribution in [2.45, 2.75) is 12.5 Å². The standard InChI is InChI=1S/C21H17F4N3O4/c1-26-11-4-5-27(8-11)19-14(24)7-12-18(17(19)25)28(9-16(20(12)29)32-21(30)31)15-3-2-10(22)6-13(15)23/h2-3,6-7,9,11,26H,4-5,8H2,1H3,(H,30,31). The van der Waals surface area contributed by atoms with E-state index < -0.39 is 62.9 Å². The second-order valence-corrected chi connectivity index (χ2v) is 7.29. The van der Waals surface area contributed by atoms with Crippen molar-refractivity contribution in [2.24, 2.45) is 0 Å². The van der Waals surface area contributed by atoms with E-state index in [2.05, 4.69) is 10.1 Å². The molecule has 7 nitrogen and oxygen atoms in total. The number of pyridine rings is 1. The van der Waals surface area contributed by atoms with E-state index in [1.807, 2.05) is 0 Å². The Morgan fingerprint density at radius 2 is 1.94 bits per heavy atom. The third kappa shape index (κ3) is 3.64. The zero-order valence-electron chi connectivity index (χ0n) is 16.7. The molecule has 1 atom stereocenters. The number of halogens is 4. The van der Waals surface area contributed by atoms with E-state index in [9.17, 15) is 22.8 Å². The quantitative estimate of drug-likeness (QED) is 0.467. The first kappa shape index (κ1) is 21.6. The molecule has 2 aromatic carbocycles. The molecular formula is C21H17F4N3O4. The molecule has 168 valence electrons. The van der Waals surface area contributed by atoms with Crippen molar-refractivity contribution >= 4 is 22.7 Å². The van der Waals surface area contributed by atoms with E-state index in [-0.39, 0.29) is 6.04 Å². The van der Waals surface area contributed by atoms with Crippen LogP contribution in [0.1, 0.15) is 6.42 Å². The highest BCUT2D eigenvalue weighted by Gasteiger charge is 2.29. The third-order valence-electron chi connectivity index (χ3n) is 5.40. The van der Waals surface area contributed by atoms with Gasteiger partial charge in [-0.25, -0.2) is 22.4 Å². The summed E-state index contributed by atoms with van der Waals surface area (Å²) in [6.07, 6.45) is -0.446. The number of carbonyl (C=O) groups is 1. The Balaban J connectivity index is 2.05. The van der Waals surface area contributed by atoms with Crippen LogP contribution >= 0.6 is 0 Å². The summed E-state index contributed by atoms with van der Waals surface area (Å²) in [5.74, 6) is -4.99. The topological polar surface area (TPSA) is 83.8 Å². The second-order valence-electron chi connectivity index (χ2n) is 7.29. The summed E-state index contributed by atoms with van der Waals surface area (Å²) in [6, 6.07) is 3.18. The molecule has 32 heavy (non-hydrogen) atoms. The Morgan fingerprint density at radius 3 is 2.56 bits per heavy atom. The fraction of sp³-hybridized carbons (Fsp3) is 0.238. The number of aromatic nitrogens is 1. The molecule has 0 amide bonds. The van der Waals surface area contributed by atoms with Crippen LogP contribution in [0.4, 0.5) is 28.0 Å². The van der Waals surface area contributed by atoms with Gasteiger partial charge in [0.25, 0.3) is 0 Å². The van der Waals surface area contributed by atoms with E-state index in [1.54, 1.807) is 7.05 Å². The number of carboxylic acid groups (broad SMARTS) is 1. The Hall–Kier alpha value is -3.60. The minimum atomic E-state index is -1.85. The molecule has 0 spiro atoms. The SMILES string of the molecule is CNC1CCN(c2c(F)cc3c(=O)c(OC(=O)O)cn(-c4ccc(F)cc4F)c3c2F)C1. The van der Waals surface area contributed by atoms with Crippen molar-refractivity contribution in [1.29, 1.82) is 0 Å². The predicted molar refractivity (Wildman–Crippen MR) is 108 cm³/mol. The number of ether oxygens (including phenoxy) is 1. The highest BCUT2D eigenvalue weighted by molar-refractivity contribution is 5.87. The number of fused-ring (bicyclic) bond motifs is 1. The first-order valence-corrected chi connectivity index (χ1v) is 9.57. The van der Waals surface area contributed by atoms with Gasteiger partial charge >= 0.3 is 6.16 Å². The zero-order chi connectivity index (χ0) is 23.2. The predicted octanol–water partition coefficient (Wildman–Crippen LogP) is 3.40. The van der Waals surface area contributed by atoms with Gasteiger partial charge in [-0.05, 0) is 31.7 Å². The largest absolute Gasteiger partial charge is 0.511 e. The lowest BCUT2D eigenvalue weighted by Crippen LogP contribution is -2.30. The number of nitrogens with one attached hydrogen (secondary N) is 1. The Bertz CT molecular complexity index is 1290. The molecule has 0 radical (unpaired) electrons. The molecule has 1 aliphatic rings. The number of hydrogen-bond acceptors (Lipinski definition) is 5. The van der Waals surface area contributed by atoms with Gasteiger partial charge in [0.15, 0.2) is 11.6 Å². The molecule has 1 unspecified atom stereocenters. The maximum atomic E-state index is 15.7. The maximum absolute atomic E-state index is 15.7. The first-order chi connectivity index (χ1) is 15.2. The minimum Gasteiger partial charge on any atom is -0.449 e. The molecule has 0 saturated carbocycles. The second kappa shape index (κ2) is 8.15. The van der Waals surface area contributed by atoms with E-state index in [0.717, 1.165) is 29.0 Å². The highest BCUT2D eigenvalue weighted by Crippen LogP contribution is 2.34. The summed E-state index contributed by atoms with van der Waals surface area (Å²) in [7, 11) is 1.72. The van der Waals surface area contributed by atoms with Gasteiger partial charge in [-0.3, -0.25) is 4.79 Å². The van der Waals surface area contributed by atoms with Crippen LogP contribution in [0.5, 0.6) is 5.75 Å². The van der Waals surface area contributed by atoms with Crippen LogP contribution < -0.4 is 20.4 Å². The van der Waals surface area contributed by atoms with Gasteiger partial charge in [-0.15, -0.1) is 0 Å². The van der Waals surface area contributed by atoms with Crippen LogP contribution in [-0.4, -0.2) is 42.0 Å². The molecular weight excluding hydrogens is 434 g/mol. The van der Waals surface area contributed by atoms with Gasteiger partial charge in [-0.2, -0.15) is 0 Å². The normalized spacial score (nSPS) is 16.0. The molecule has 3 aromatic rings. The number of rotatable bonds is 4. The van der Waals surface area contributed by atoms with Crippen molar-refractivity contribution < 1.29 is 32.2 Å². The summed E-state index contributed by atoms with van der Waals surface area (Å²) >= 11 is 0. The van der Waals surface area contributed by atoms with Crippen LogP contribution in [0.2, 0.25) is 0 Å². The number of likely N-dealkylation sites (N-methyl/N-ethyl adjacent to an activating group) is 1. The monoisotopic (exact) mass is 451 g/mol. The number of anilines is 1. The van der Waals surface area contributed by atoms with Gasteiger partial charge < -0.3 is 24.6 Å². The van der Waals surface area contributed by atoms with Crippen LogP contribution in [0.3, 0.4) is 0 Å². The van der Waals surface area contributed by atoms with E-state index in [0.29, 0.717) is 25.6 Å². The average Bonchev–Trinajstić information content (AvgIpc) is 3.19. The molecule has 1 saturated heterocycles. The third-order valence-corrected chi connectivity index (χ3v) is 5.40. The van der Waals surface area contributed by atoms with Crippen molar-refractivity contribution in [3.63, 3.8) is 0 Å². The summed E-state index contributed by atoms with van der Waals surface area (Å²) in [5, 5.41) is 11.4. The summed E-state index contributed by atoms with van der Waals surface area (Å²) in [5.41, 5.74) is -2.39. The summed E-state index contributed by atoms with van der Waals surface area (Å²) in [6.45, 7) is 0.630. The molecule has 0 aliphatic carbocycles. The van der Waals surface area contributed by atoms with Crippen LogP contribution in [-0.2, 0) is 0 Å². The smallest absolute Gasteiger partial charge is 0.449 e. The van der Waals surface area contributed by atoms with Gasteiger partial charge in [0, 0.05) is 25.2 Å². The Morgan fingerprint density at radius 1 is 1.19 bits per heavy atom. The van der Waals surface area contributed by atoms with Crippen LogP contribution in [0.15, 0.2) is 35.3 Å². The lowest BCUT2D eigenvalue weighted by molar-refractivity contribution is 0.144. The summed E-state index contributed by atoms with van der Waals surface area (Å²) < 4.78 is 63.9. The number of benzene rings is 2. The molecule has 2 N–H and O–H groups in total. The Labute approximate surface area is 178 Å².